The summed E-state index contributed by atoms with van der Waals surface area (Å²) < 4.78 is 11.4. The van der Waals surface area contributed by atoms with Gasteiger partial charge in [0.25, 0.3) is 0 Å². The third-order valence-electron chi connectivity index (χ3n) is 1.84. The molecule has 0 radical (unpaired) electrons. The van der Waals surface area contributed by atoms with Crippen LogP contribution in [0.2, 0.25) is 0 Å². The van der Waals surface area contributed by atoms with E-state index in [-0.39, 0.29) is 10.7 Å². The Morgan fingerprint density at radius 2 is 1.73 bits per heavy atom. The normalized spacial score (nSPS) is 14.8. The quantitative estimate of drug-likeness (QED) is 0.739. The summed E-state index contributed by atoms with van der Waals surface area (Å²) in [6.45, 7) is 9.43. The Bertz CT molecular complexity index is 225. The molecule has 1 unspecified atom stereocenters. The average molecular weight is 234 g/mol. The van der Waals surface area contributed by atoms with Crippen molar-refractivity contribution >= 4 is 16.7 Å². The summed E-state index contributed by atoms with van der Waals surface area (Å²) in [5.74, 6) is 0.249. The Morgan fingerprint density at radius 1 is 1.27 bits per heavy atom. The summed E-state index contributed by atoms with van der Waals surface area (Å²) in [5.41, 5.74) is 4.72. The van der Waals surface area contributed by atoms with Crippen molar-refractivity contribution < 1.29 is 9.00 Å². The molecule has 0 aliphatic rings. The first kappa shape index (κ1) is 14.6. The largest absolute Gasteiger partial charge is 0.354 e. The molecule has 0 aromatic rings. The van der Waals surface area contributed by atoms with Crippen LogP contribution in [-0.2, 0) is 15.6 Å². The Hall–Kier alpha value is -0.420. The zero-order valence-electron chi connectivity index (χ0n) is 10.2. The van der Waals surface area contributed by atoms with Crippen LogP contribution in [0.4, 0.5) is 0 Å². The van der Waals surface area contributed by atoms with E-state index in [9.17, 15) is 9.00 Å². The van der Waals surface area contributed by atoms with Gasteiger partial charge in [0, 0.05) is 27.8 Å². The lowest BCUT2D eigenvalue weighted by molar-refractivity contribution is -0.125. The Morgan fingerprint density at radius 3 is 2.07 bits per heavy atom. The third kappa shape index (κ3) is 5.89. The van der Waals surface area contributed by atoms with Crippen molar-refractivity contribution in [3.63, 3.8) is 0 Å². The molecule has 3 N–H and O–H groups in total. The maximum absolute atomic E-state index is 11.6. The Kier molecular flexibility index (Phi) is 4.93. The number of nitrogens with two attached hydrogens (primary N) is 1. The van der Waals surface area contributed by atoms with Crippen molar-refractivity contribution in [2.24, 2.45) is 5.73 Å². The highest BCUT2D eigenvalue weighted by molar-refractivity contribution is 7.86. The van der Waals surface area contributed by atoms with E-state index in [0.717, 1.165) is 0 Å². The van der Waals surface area contributed by atoms with E-state index in [1.165, 1.54) is 0 Å². The van der Waals surface area contributed by atoms with Gasteiger partial charge in [-0.3, -0.25) is 9.00 Å². The smallest absolute Gasteiger partial charge is 0.239 e. The highest BCUT2D eigenvalue weighted by Crippen LogP contribution is 2.10. The van der Waals surface area contributed by atoms with E-state index in [2.05, 4.69) is 5.32 Å². The number of carbonyl (C=O) groups excluding carboxylic acids is 1. The maximum atomic E-state index is 11.6. The average Bonchev–Trinajstić information content (AvgIpc) is 2.00. The Labute approximate surface area is 94.4 Å². The lowest BCUT2D eigenvalue weighted by atomic mass is 10.1. The van der Waals surface area contributed by atoms with Gasteiger partial charge in [-0.1, -0.05) is 0 Å². The molecule has 0 aliphatic carbocycles. The van der Waals surface area contributed by atoms with Gasteiger partial charge in [-0.25, -0.2) is 0 Å². The van der Waals surface area contributed by atoms with Crippen LogP contribution in [0.5, 0.6) is 0 Å². The summed E-state index contributed by atoms with van der Waals surface area (Å²) in [6, 6.07) is 0. The second kappa shape index (κ2) is 5.07. The minimum absolute atomic E-state index is 0.214. The summed E-state index contributed by atoms with van der Waals surface area (Å²) in [5, 5.41) is 2.67. The molecule has 0 fully saturated rings. The SMILES string of the molecule is CC(C)(N)C(=O)NCCS(=O)C(C)(C)C. The summed E-state index contributed by atoms with van der Waals surface area (Å²) in [6.07, 6.45) is 0. The molecule has 0 saturated heterocycles. The van der Waals surface area contributed by atoms with Crippen LogP contribution >= 0.6 is 0 Å². The van der Waals surface area contributed by atoms with Gasteiger partial charge >= 0.3 is 0 Å². The van der Waals surface area contributed by atoms with E-state index in [4.69, 9.17) is 5.73 Å². The lowest BCUT2D eigenvalue weighted by Gasteiger charge is -2.20. The molecule has 90 valence electrons. The van der Waals surface area contributed by atoms with Crippen molar-refractivity contribution in [1.29, 1.82) is 0 Å². The molecule has 4 nitrogen and oxygen atoms in total. The molecule has 5 heteroatoms. The van der Waals surface area contributed by atoms with Gasteiger partial charge in [0.05, 0.1) is 5.54 Å². The van der Waals surface area contributed by atoms with Gasteiger partial charge in [0.2, 0.25) is 5.91 Å². The Balaban J connectivity index is 3.92. The minimum atomic E-state index is -0.936. The molecule has 0 aromatic carbocycles. The minimum Gasteiger partial charge on any atom is -0.354 e. The molecular weight excluding hydrogens is 212 g/mol. The molecule has 0 bridgehead atoms. The molecule has 1 atom stereocenters. The van der Waals surface area contributed by atoms with Crippen LogP contribution in [-0.4, -0.2) is 32.7 Å². The standard InChI is InChI=1S/C10H22N2O2S/c1-9(2,3)15(14)7-6-12-8(13)10(4,5)11/h6-7,11H2,1-5H3,(H,12,13). The molecule has 0 aromatic heterocycles. The monoisotopic (exact) mass is 234 g/mol. The van der Waals surface area contributed by atoms with Crippen LogP contribution in [0.3, 0.4) is 0 Å². The van der Waals surface area contributed by atoms with E-state index < -0.39 is 16.3 Å². The molecule has 0 saturated carbocycles. The number of nitrogens with one attached hydrogen (secondary N) is 1. The summed E-state index contributed by atoms with van der Waals surface area (Å²) >= 11 is 0. The van der Waals surface area contributed by atoms with Gasteiger partial charge in [0.15, 0.2) is 0 Å². The molecule has 1 amide bonds. The first-order valence-corrected chi connectivity index (χ1v) is 6.32. The van der Waals surface area contributed by atoms with Gasteiger partial charge in [-0.05, 0) is 34.6 Å². The first-order valence-electron chi connectivity index (χ1n) is 5.01. The van der Waals surface area contributed by atoms with Crippen LogP contribution in [0.1, 0.15) is 34.6 Å². The molecule has 0 aliphatic heterocycles. The highest BCUT2D eigenvalue weighted by Gasteiger charge is 2.23. The van der Waals surface area contributed by atoms with Crippen molar-refractivity contribution in [1.82, 2.24) is 5.32 Å². The fourth-order valence-electron chi connectivity index (χ4n) is 0.791. The molecule has 0 heterocycles. The topological polar surface area (TPSA) is 72.2 Å². The number of hydrogen-bond acceptors (Lipinski definition) is 3. The van der Waals surface area contributed by atoms with Gasteiger partial charge in [0.1, 0.15) is 0 Å². The fourth-order valence-corrected chi connectivity index (χ4v) is 1.69. The number of rotatable bonds is 4. The van der Waals surface area contributed by atoms with Gasteiger partial charge in [-0.2, -0.15) is 0 Å². The fraction of sp³-hybridized carbons (Fsp3) is 0.900. The molecular formula is C10H22N2O2S. The van der Waals surface area contributed by atoms with Crippen molar-refractivity contribution in [2.75, 3.05) is 12.3 Å². The van der Waals surface area contributed by atoms with E-state index in [1.54, 1.807) is 13.8 Å². The second-order valence-electron chi connectivity index (χ2n) is 5.14. The van der Waals surface area contributed by atoms with Gasteiger partial charge in [-0.15, -0.1) is 0 Å². The zero-order valence-corrected chi connectivity index (χ0v) is 11.0. The predicted molar refractivity (Wildman–Crippen MR) is 64.0 cm³/mol. The van der Waals surface area contributed by atoms with E-state index in [1.807, 2.05) is 20.8 Å². The molecule has 0 rings (SSSR count). The number of hydrogen-bond donors (Lipinski definition) is 2. The predicted octanol–water partition coefficient (Wildman–Crippen LogP) is 0.387. The second-order valence-corrected chi connectivity index (χ2v) is 7.46. The first-order chi connectivity index (χ1) is 6.55. The van der Waals surface area contributed by atoms with Crippen LogP contribution in [0.25, 0.3) is 0 Å². The van der Waals surface area contributed by atoms with Crippen molar-refractivity contribution in [3.05, 3.63) is 0 Å². The highest BCUT2D eigenvalue weighted by atomic mass is 32.2. The number of carbonyl (C=O) groups is 1. The lowest BCUT2D eigenvalue weighted by Crippen LogP contribution is -2.50. The van der Waals surface area contributed by atoms with Crippen molar-refractivity contribution in [3.8, 4) is 0 Å². The van der Waals surface area contributed by atoms with Crippen LogP contribution in [0.15, 0.2) is 0 Å². The maximum Gasteiger partial charge on any atom is 0.239 e. The molecule has 15 heavy (non-hydrogen) atoms. The summed E-state index contributed by atoms with van der Waals surface area (Å²) in [7, 11) is -0.936. The van der Waals surface area contributed by atoms with E-state index in [0.29, 0.717) is 12.3 Å². The number of amides is 1. The van der Waals surface area contributed by atoms with Gasteiger partial charge < -0.3 is 11.1 Å². The summed E-state index contributed by atoms with van der Waals surface area (Å²) in [4.78, 5) is 11.4. The van der Waals surface area contributed by atoms with Crippen LogP contribution in [0, 0.1) is 0 Å². The van der Waals surface area contributed by atoms with Crippen molar-refractivity contribution in [2.45, 2.75) is 44.9 Å². The molecule has 0 spiro atoms. The van der Waals surface area contributed by atoms with Crippen LogP contribution < -0.4 is 11.1 Å². The third-order valence-corrected chi connectivity index (χ3v) is 3.78. The zero-order chi connectivity index (χ0) is 12.3. The van der Waals surface area contributed by atoms with E-state index >= 15 is 0 Å².